The third-order valence-corrected chi connectivity index (χ3v) is 5.71. The summed E-state index contributed by atoms with van der Waals surface area (Å²) in [6.07, 6.45) is 3.36. The third-order valence-electron chi connectivity index (χ3n) is 4.49. The first-order valence-electron chi connectivity index (χ1n) is 8.95. The molecule has 1 unspecified atom stereocenters. The van der Waals surface area contributed by atoms with Gasteiger partial charge in [0.05, 0.1) is 35.5 Å². The van der Waals surface area contributed by atoms with Crippen LogP contribution in [-0.2, 0) is 15.9 Å². The largest absolute Gasteiger partial charge is 0.465 e. The van der Waals surface area contributed by atoms with Gasteiger partial charge in [0.2, 0.25) is 0 Å². The van der Waals surface area contributed by atoms with Crippen LogP contribution < -0.4 is 4.90 Å². The minimum Gasteiger partial charge on any atom is -0.465 e. The first kappa shape index (κ1) is 18.9. The Morgan fingerprint density at radius 3 is 2.77 bits per heavy atom. The van der Waals surface area contributed by atoms with Crippen molar-refractivity contribution in [3.05, 3.63) is 34.3 Å². The normalized spacial score (nSPS) is 16.5. The number of ether oxygens (including phenoxy) is 2. The van der Waals surface area contributed by atoms with Crippen molar-refractivity contribution in [1.29, 1.82) is 0 Å². The fraction of sp³-hybridized carbons (Fsp3) is 0.500. The number of benzene rings is 1. The number of thiazole rings is 1. The van der Waals surface area contributed by atoms with Gasteiger partial charge in [-0.2, -0.15) is 0 Å². The summed E-state index contributed by atoms with van der Waals surface area (Å²) in [7, 11) is 5.31. The van der Waals surface area contributed by atoms with Crippen LogP contribution in [0.1, 0.15) is 53.7 Å². The zero-order valence-corrected chi connectivity index (χ0v) is 16.9. The standard InChI is InChI=1S/C20H26N2O3S/c1-12(2)25-17-8-6-7-16-18(17)26-19(21-16)14-10-9-13(22(3)4)11-15(14)20(23)24-5/h9-12,17H,6-8H2,1-5H3. The first-order chi connectivity index (χ1) is 12.4. The fourth-order valence-electron chi connectivity index (χ4n) is 3.23. The minimum atomic E-state index is -0.341. The Kier molecular flexibility index (Phi) is 5.63. The van der Waals surface area contributed by atoms with Gasteiger partial charge in [-0.25, -0.2) is 9.78 Å². The van der Waals surface area contributed by atoms with E-state index in [0.717, 1.165) is 41.2 Å². The van der Waals surface area contributed by atoms with E-state index in [1.165, 1.54) is 12.0 Å². The smallest absolute Gasteiger partial charge is 0.338 e. The minimum absolute atomic E-state index is 0.104. The number of hydrogen-bond acceptors (Lipinski definition) is 6. The molecular formula is C20H26N2O3S. The van der Waals surface area contributed by atoms with Crippen molar-refractivity contribution in [2.24, 2.45) is 0 Å². The average molecular weight is 375 g/mol. The summed E-state index contributed by atoms with van der Waals surface area (Å²) in [5.74, 6) is -0.341. The lowest BCUT2D eigenvalue weighted by Crippen LogP contribution is -2.14. The van der Waals surface area contributed by atoms with E-state index in [9.17, 15) is 4.79 Å². The Bertz CT molecular complexity index is 798. The molecule has 6 heteroatoms. The lowest BCUT2D eigenvalue weighted by atomic mass is 10.00. The molecule has 1 aliphatic rings. The van der Waals surface area contributed by atoms with Gasteiger partial charge in [-0.1, -0.05) is 0 Å². The molecule has 5 nitrogen and oxygen atoms in total. The molecule has 0 spiro atoms. The molecule has 0 saturated carbocycles. The molecule has 3 rings (SSSR count). The van der Waals surface area contributed by atoms with Gasteiger partial charge in [0.1, 0.15) is 5.01 Å². The third kappa shape index (κ3) is 3.76. The van der Waals surface area contributed by atoms with Crippen LogP contribution in [-0.4, -0.2) is 38.3 Å². The highest BCUT2D eigenvalue weighted by molar-refractivity contribution is 7.15. The van der Waals surface area contributed by atoms with Crippen LogP contribution in [0.3, 0.4) is 0 Å². The van der Waals surface area contributed by atoms with Gasteiger partial charge in [-0.05, 0) is 51.3 Å². The summed E-state index contributed by atoms with van der Waals surface area (Å²) in [5.41, 5.74) is 3.43. The van der Waals surface area contributed by atoms with E-state index < -0.39 is 0 Å². The fourth-order valence-corrected chi connectivity index (χ4v) is 4.45. The number of aromatic nitrogens is 1. The lowest BCUT2D eigenvalue weighted by Gasteiger charge is -2.23. The molecule has 0 bridgehead atoms. The van der Waals surface area contributed by atoms with Crippen LogP contribution >= 0.6 is 11.3 Å². The summed E-state index contributed by atoms with van der Waals surface area (Å²) >= 11 is 1.64. The van der Waals surface area contributed by atoms with Gasteiger partial charge in [0.25, 0.3) is 0 Å². The van der Waals surface area contributed by atoms with Gasteiger partial charge in [-0.15, -0.1) is 11.3 Å². The molecule has 1 atom stereocenters. The SMILES string of the molecule is COC(=O)c1cc(N(C)C)ccc1-c1nc2c(s1)C(OC(C)C)CCC2. The van der Waals surface area contributed by atoms with E-state index in [0.29, 0.717) is 5.56 Å². The number of fused-ring (bicyclic) bond motifs is 1. The van der Waals surface area contributed by atoms with E-state index in [1.807, 2.05) is 37.2 Å². The highest BCUT2D eigenvalue weighted by Crippen LogP contribution is 2.41. The predicted molar refractivity (Wildman–Crippen MR) is 105 cm³/mol. The maximum atomic E-state index is 12.3. The Morgan fingerprint density at radius 2 is 2.12 bits per heavy atom. The molecular weight excluding hydrogens is 348 g/mol. The number of carbonyl (C=O) groups excluding carboxylic acids is 1. The molecule has 0 fully saturated rings. The molecule has 1 heterocycles. The molecule has 0 N–H and O–H groups in total. The van der Waals surface area contributed by atoms with Gasteiger partial charge < -0.3 is 14.4 Å². The summed E-state index contributed by atoms with van der Waals surface area (Å²) in [4.78, 5) is 20.4. The Hall–Kier alpha value is -1.92. The van der Waals surface area contributed by atoms with Crippen LogP contribution in [0.4, 0.5) is 5.69 Å². The summed E-state index contributed by atoms with van der Waals surface area (Å²) in [6.45, 7) is 4.12. The van der Waals surface area contributed by atoms with Crippen LogP contribution in [0, 0.1) is 0 Å². The molecule has 0 amide bonds. The van der Waals surface area contributed by atoms with E-state index in [4.69, 9.17) is 14.5 Å². The Morgan fingerprint density at radius 1 is 1.35 bits per heavy atom. The molecule has 140 valence electrons. The average Bonchev–Trinajstić information content (AvgIpc) is 3.05. The maximum Gasteiger partial charge on any atom is 0.338 e. The zero-order chi connectivity index (χ0) is 18.8. The number of rotatable bonds is 5. The molecule has 2 aromatic rings. The molecule has 0 aliphatic heterocycles. The molecule has 1 aliphatic carbocycles. The number of hydrogen-bond donors (Lipinski definition) is 0. The quantitative estimate of drug-likeness (QED) is 0.723. The predicted octanol–water partition coefficient (Wildman–Crippen LogP) is 4.47. The second-order valence-corrected chi connectivity index (χ2v) is 8.04. The number of carbonyl (C=O) groups is 1. The summed E-state index contributed by atoms with van der Waals surface area (Å²) in [5, 5.41) is 0.861. The van der Waals surface area contributed by atoms with E-state index >= 15 is 0 Å². The summed E-state index contributed by atoms with van der Waals surface area (Å²) < 4.78 is 11.1. The number of anilines is 1. The number of nitrogens with zero attached hydrogens (tertiary/aromatic N) is 2. The van der Waals surface area contributed by atoms with Crippen LogP contribution in [0.15, 0.2) is 18.2 Å². The highest BCUT2D eigenvalue weighted by atomic mass is 32.1. The van der Waals surface area contributed by atoms with E-state index in [2.05, 4.69) is 13.8 Å². The molecule has 0 radical (unpaired) electrons. The Labute approximate surface area is 159 Å². The van der Waals surface area contributed by atoms with Crippen molar-refractivity contribution in [3.63, 3.8) is 0 Å². The Balaban J connectivity index is 2.04. The van der Waals surface area contributed by atoms with Gasteiger partial charge in [0, 0.05) is 25.3 Å². The maximum absolute atomic E-state index is 12.3. The molecule has 26 heavy (non-hydrogen) atoms. The zero-order valence-electron chi connectivity index (χ0n) is 16.0. The van der Waals surface area contributed by atoms with Crippen molar-refractivity contribution in [2.75, 3.05) is 26.1 Å². The van der Waals surface area contributed by atoms with E-state index in [-0.39, 0.29) is 18.2 Å². The number of methoxy groups -OCH3 is 1. The van der Waals surface area contributed by atoms with Crippen molar-refractivity contribution in [3.8, 4) is 10.6 Å². The van der Waals surface area contributed by atoms with Crippen LogP contribution in [0.2, 0.25) is 0 Å². The highest BCUT2D eigenvalue weighted by Gasteiger charge is 2.27. The molecule has 1 aromatic heterocycles. The second kappa shape index (κ2) is 7.76. The van der Waals surface area contributed by atoms with Crippen molar-refractivity contribution < 1.29 is 14.3 Å². The monoisotopic (exact) mass is 374 g/mol. The van der Waals surface area contributed by atoms with Crippen molar-refractivity contribution in [2.45, 2.75) is 45.3 Å². The number of aryl methyl sites for hydroxylation is 1. The second-order valence-electron chi connectivity index (χ2n) is 7.01. The first-order valence-corrected chi connectivity index (χ1v) is 9.77. The van der Waals surface area contributed by atoms with Crippen LogP contribution in [0.25, 0.3) is 10.6 Å². The summed E-state index contributed by atoms with van der Waals surface area (Å²) in [6, 6.07) is 5.83. The van der Waals surface area contributed by atoms with E-state index in [1.54, 1.807) is 11.3 Å². The van der Waals surface area contributed by atoms with Gasteiger partial charge in [-0.3, -0.25) is 0 Å². The topological polar surface area (TPSA) is 51.7 Å². The van der Waals surface area contributed by atoms with Crippen LogP contribution in [0.5, 0.6) is 0 Å². The van der Waals surface area contributed by atoms with Gasteiger partial charge in [0.15, 0.2) is 0 Å². The lowest BCUT2D eigenvalue weighted by molar-refractivity contribution is -0.000979. The number of esters is 1. The molecule has 0 saturated heterocycles. The van der Waals surface area contributed by atoms with Crippen molar-refractivity contribution in [1.82, 2.24) is 4.98 Å². The van der Waals surface area contributed by atoms with Crippen molar-refractivity contribution >= 4 is 23.0 Å². The van der Waals surface area contributed by atoms with Gasteiger partial charge >= 0.3 is 5.97 Å². The molecule has 1 aromatic carbocycles.